The van der Waals surface area contributed by atoms with E-state index in [0.29, 0.717) is 5.82 Å². The molecule has 0 fully saturated rings. The van der Waals surface area contributed by atoms with Gasteiger partial charge in [-0.3, -0.25) is 4.79 Å². The van der Waals surface area contributed by atoms with Gasteiger partial charge in [-0.2, -0.15) is 0 Å². The van der Waals surface area contributed by atoms with Gasteiger partial charge < -0.3 is 11.1 Å². The fraction of sp³-hybridized carbons (Fsp3) is 0.353. The quantitative estimate of drug-likeness (QED) is 0.889. The Labute approximate surface area is 131 Å². The van der Waals surface area contributed by atoms with Gasteiger partial charge in [0.1, 0.15) is 5.82 Å². The van der Waals surface area contributed by atoms with E-state index >= 15 is 0 Å². The first kappa shape index (κ1) is 16.1. The zero-order chi connectivity index (χ0) is 16.1. The Balaban J connectivity index is 2.17. The minimum absolute atomic E-state index is 0.146. The van der Waals surface area contributed by atoms with Crippen molar-refractivity contribution >= 4 is 11.6 Å². The fourth-order valence-electron chi connectivity index (χ4n) is 2.11. The molecule has 1 aromatic heterocycles. The molecule has 2 aromatic rings. The number of hydrogen-bond acceptors (Lipinski definition) is 4. The van der Waals surface area contributed by atoms with Crippen LogP contribution in [0.2, 0.25) is 0 Å². The fourth-order valence-corrected chi connectivity index (χ4v) is 2.11. The number of nitrogens with two attached hydrogens (primary N) is 1. The van der Waals surface area contributed by atoms with Gasteiger partial charge in [-0.15, -0.1) is 0 Å². The van der Waals surface area contributed by atoms with Gasteiger partial charge in [0.15, 0.2) is 0 Å². The Bertz CT molecular complexity index is 657. The summed E-state index contributed by atoms with van der Waals surface area (Å²) in [6, 6.07) is 8.92. The third kappa shape index (κ3) is 3.89. The lowest BCUT2D eigenvalue weighted by Gasteiger charge is -2.18. The van der Waals surface area contributed by atoms with E-state index in [9.17, 15) is 4.79 Å². The van der Waals surface area contributed by atoms with Gasteiger partial charge in [0, 0.05) is 17.4 Å². The smallest absolute Gasteiger partial charge is 0.241 e. The number of nitrogens with one attached hydrogen (secondary N) is 1. The van der Waals surface area contributed by atoms with Crippen LogP contribution in [0.1, 0.15) is 26.1 Å². The summed E-state index contributed by atoms with van der Waals surface area (Å²) in [5, 5.41) is 2.87. The molecule has 22 heavy (non-hydrogen) atoms. The number of hydrogen-bond donors (Lipinski definition) is 2. The highest BCUT2D eigenvalue weighted by atomic mass is 16.2. The number of anilines is 1. The molecule has 0 radical (unpaired) electrons. The average Bonchev–Trinajstić information content (AvgIpc) is 2.53. The van der Waals surface area contributed by atoms with E-state index in [1.54, 1.807) is 6.20 Å². The van der Waals surface area contributed by atoms with E-state index < -0.39 is 6.04 Å². The lowest BCUT2D eigenvalue weighted by molar-refractivity contribution is -0.118. The lowest BCUT2D eigenvalue weighted by Crippen LogP contribution is -2.40. The first-order chi connectivity index (χ1) is 10.5. The molecule has 3 N–H and O–H groups in total. The van der Waals surface area contributed by atoms with Crippen molar-refractivity contribution in [2.75, 3.05) is 5.32 Å². The maximum absolute atomic E-state index is 12.2. The molecule has 1 heterocycles. The monoisotopic (exact) mass is 298 g/mol. The van der Waals surface area contributed by atoms with E-state index in [0.717, 1.165) is 23.4 Å². The van der Waals surface area contributed by atoms with Crippen LogP contribution in [0.4, 0.5) is 5.69 Å². The largest absolute Gasteiger partial charge is 0.325 e. The van der Waals surface area contributed by atoms with E-state index in [4.69, 9.17) is 5.73 Å². The highest BCUT2D eigenvalue weighted by Gasteiger charge is 2.19. The van der Waals surface area contributed by atoms with Crippen LogP contribution >= 0.6 is 0 Å². The third-order valence-electron chi connectivity index (χ3n) is 3.76. The maximum atomic E-state index is 12.2. The molecule has 0 saturated carbocycles. The molecule has 1 aromatic carbocycles. The predicted octanol–water partition coefficient (Wildman–Crippen LogP) is 2.76. The van der Waals surface area contributed by atoms with Crippen LogP contribution in [0, 0.1) is 12.8 Å². The number of carbonyl (C=O) groups is 1. The molecule has 0 aliphatic carbocycles. The molecule has 0 aliphatic rings. The number of nitrogens with zero attached hydrogens (tertiary/aromatic N) is 2. The molecular weight excluding hydrogens is 276 g/mol. The Morgan fingerprint density at radius 2 is 2.14 bits per heavy atom. The second-order valence-corrected chi connectivity index (χ2v) is 5.47. The summed E-state index contributed by atoms with van der Waals surface area (Å²) in [4.78, 5) is 20.6. The molecule has 0 saturated heterocycles. The van der Waals surface area contributed by atoms with Gasteiger partial charge in [-0.25, -0.2) is 9.97 Å². The number of rotatable bonds is 5. The van der Waals surface area contributed by atoms with Gasteiger partial charge in [0.2, 0.25) is 5.91 Å². The molecule has 0 bridgehead atoms. The normalized spacial score (nSPS) is 13.5. The number of benzene rings is 1. The van der Waals surface area contributed by atoms with E-state index in [1.165, 1.54) is 0 Å². The molecule has 1 amide bonds. The standard InChI is InChI=1S/C17H22N4O/c1-4-11(2)16(18)17(22)21-14-7-5-6-13(10-14)15-8-9-19-12(3)20-15/h5-11,16H,4,18H2,1-3H3,(H,21,22). The molecule has 2 unspecified atom stereocenters. The molecule has 2 rings (SSSR count). The second-order valence-electron chi connectivity index (χ2n) is 5.47. The Morgan fingerprint density at radius 1 is 1.36 bits per heavy atom. The molecule has 0 spiro atoms. The predicted molar refractivity (Wildman–Crippen MR) is 88.3 cm³/mol. The summed E-state index contributed by atoms with van der Waals surface area (Å²) in [6.07, 6.45) is 2.59. The lowest BCUT2D eigenvalue weighted by atomic mass is 9.99. The number of carbonyl (C=O) groups excluding carboxylic acids is 1. The molecule has 116 valence electrons. The van der Waals surface area contributed by atoms with Crippen LogP contribution in [0.5, 0.6) is 0 Å². The Hall–Kier alpha value is -2.27. The minimum Gasteiger partial charge on any atom is -0.325 e. The van der Waals surface area contributed by atoms with Crippen molar-refractivity contribution in [2.24, 2.45) is 11.7 Å². The van der Waals surface area contributed by atoms with Gasteiger partial charge in [0.25, 0.3) is 0 Å². The Morgan fingerprint density at radius 3 is 2.82 bits per heavy atom. The van der Waals surface area contributed by atoms with E-state index in [1.807, 2.05) is 51.1 Å². The zero-order valence-electron chi connectivity index (χ0n) is 13.2. The van der Waals surface area contributed by atoms with Crippen LogP contribution < -0.4 is 11.1 Å². The van der Waals surface area contributed by atoms with Gasteiger partial charge in [-0.1, -0.05) is 32.4 Å². The number of aryl methyl sites for hydroxylation is 1. The summed E-state index contributed by atoms with van der Waals surface area (Å²) >= 11 is 0. The van der Waals surface area contributed by atoms with Crippen LogP contribution in [0.3, 0.4) is 0 Å². The van der Waals surface area contributed by atoms with Crippen molar-refractivity contribution in [2.45, 2.75) is 33.2 Å². The van der Waals surface area contributed by atoms with E-state index in [-0.39, 0.29) is 11.8 Å². The summed E-state index contributed by atoms with van der Waals surface area (Å²) in [5.41, 5.74) is 8.43. The zero-order valence-corrected chi connectivity index (χ0v) is 13.2. The summed E-state index contributed by atoms with van der Waals surface area (Å²) in [5.74, 6) is 0.698. The molecular formula is C17H22N4O. The molecule has 2 atom stereocenters. The van der Waals surface area contributed by atoms with Gasteiger partial charge >= 0.3 is 0 Å². The summed E-state index contributed by atoms with van der Waals surface area (Å²) in [6.45, 7) is 5.85. The van der Waals surface area contributed by atoms with Crippen molar-refractivity contribution in [3.8, 4) is 11.3 Å². The van der Waals surface area contributed by atoms with Gasteiger partial charge in [-0.05, 0) is 31.0 Å². The molecule has 5 nitrogen and oxygen atoms in total. The van der Waals surface area contributed by atoms with Crippen molar-refractivity contribution in [1.82, 2.24) is 9.97 Å². The minimum atomic E-state index is -0.505. The van der Waals surface area contributed by atoms with Gasteiger partial charge in [0.05, 0.1) is 11.7 Å². The van der Waals surface area contributed by atoms with Crippen molar-refractivity contribution in [3.63, 3.8) is 0 Å². The summed E-state index contributed by atoms with van der Waals surface area (Å²) < 4.78 is 0. The average molecular weight is 298 g/mol. The van der Waals surface area contributed by atoms with E-state index in [2.05, 4.69) is 15.3 Å². The number of amides is 1. The van der Waals surface area contributed by atoms with Crippen molar-refractivity contribution in [3.05, 3.63) is 42.4 Å². The number of aromatic nitrogens is 2. The van der Waals surface area contributed by atoms with Crippen LogP contribution in [-0.4, -0.2) is 21.9 Å². The van der Waals surface area contributed by atoms with Crippen LogP contribution in [-0.2, 0) is 4.79 Å². The van der Waals surface area contributed by atoms with Crippen LogP contribution in [0.15, 0.2) is 36.5 Å². The SMILES string of the molecule is CCC(C)C(N)C(=O)Nc1cccc(-c2ccnc(C)n2)c1. The highest BCUT2D eigenvalue weighted by Crippen LogP contribution is 2.21. The van der Waals surface area contributed by atoms with Crippen LogP contribution in [0.25, 0.3) is 11.3 Å². The summed E-state index contributed by atoms with van der Waals surface area (Å²) in [7, 11) is 0. The first-order valence-electron chi connectivity index (χ1n) is 7.47. The topological polar surface area (TPSA) is 80.9 Å². The van der Waals surface area contributed by atoms with Crippen molar-refractivity contribution in [1.29, 1.82) is 0 Å². The molecule has 5 heteroatoms. The highest BCUT2D eigenvalue weighted by molar-refractivity contribution is 5.95. The first-order valence-corrected chi connectivity index (χ1v) is 7.47. The third-order valence-corrected chi connectivity index (χ3v) is 3.76. The van der Waals surface area contributed by atoms with Crippen molar-refractivity contribution < 1.29 is 4.79 Å². The maximum Gasteiger partial charge on any atom is 0.241 e. The Kier molecular flexibility index (Phi) is 5.22. The second kappa shape index (κ2) is 7.13. The molecule has 0 aliphatic heterocycles.